The molecule has 34 heavy (non-hydrogen) atoms. The number of morpholine rings is 1. The van der Waals surface area contributed by atoms with Gasteiger partial charge in [0.2, 0.25) is 0 Å². The normalized spacial score (nSPS) is 13.6. The van der Waals surface area contributed by atoms with E-state index in [0.717, 1.165) is 11.6 Å². The quantitative estimate of drug-likeness (QED) is 0.551. The van der Waals surface area contributed by atoms with Crippen molar-refractivity contribution >= 4 is 17.5 Å². The Bertz CT molecular complexity index is 1140. The monoisotopic (exact) mass is 466 g/mol. The topological polar surface area (TPSA) is 70.1 Å². The van der Waals surface area contributed by atoms with Crippen LogP contribution in [0.4, 0.5) is 19.3 Å². The lowest BCUT2D eigenvalue weighted by Gasteiger charge is -2.33. The summed E-state index contributed by atoms with van der Waals surface area (Å²) in [4.78, 5) is 28.4. The van der Waals surface area contributed by atoms with Crippen molar-refractivity contribution in [2.45, 2.75) is 6.54 Å². The zero-order valence-electron chi connectivity index (χ0n) is 18.4. The van der Waals surface area contributed by atoms with Gasteiger partial charge >= 0.3 is 6.03 Å². The third-order valence-corrected chi connectivity index (χ3v) is 5.65. The summed E-state index contributed by atoms with van der Waals surface area (Å²) in [6.07, 6.45) is 0. The summed E-state index contributed by atoms with van der Waals surface area (Å²) in [5.41, 5.74) is 2.83. The minimum atomic E-state index is -0.661. The maximum Gasteiger partial charge on any atom is 0.324 e. The van der Waals surface area contributed by atoms with Gasteiger partial charge in [0.15, 0.2) is 5.78 Å². The van der Waals surface area contributed by atoms with Crippen LogP contribution in [0.3, 0.4) is 0 Å². The molecule has 1 saturated heterocycles. The number of hydrogen-bond acceptors (Lipinski definition) is 4. The molecule has 6 nitrogen and oxygen atoms in total. The number of halogens is 2. The fraction of sp³-hybridized carbons (Fsp3) is 0.231. The average molecular weight is 466 g/mol. The van der Waals surface area contributed by atoms with Crippen molar-refractivity contribution < 1.29 is 28.2 Å². The molecular weight excluding hydrogens is 442 g/mol. The molecule has 3 aromatic rings. The van der Waals surface area contributed by atoms with Crippen LogP contribution in [0, 0.1) is 11.6 Å². The number of amides is 2. The van der Waals surface area contributed by atoms with Crippen LogP contribution in [0.1, 0.15) is 15.9 Å². The van der Waals surface area contributed by atoms with Gasteiger partial charge < -0.3 is 14.7 Å². The first kappa shape index (κ1) is 23.5. The Hall–Kier alpha value is -3.62. The summed E-state index contributed by atoms with van der Waals surface area (Å²) in [5, 5.41) is 9.04. The fourth-order valence-electron chi connectivity index (χ4n) is 3.82. The average Bonchev–Trinajstić information content (AvgIpc) is 2.87. The molecule has 176 valence electrons. The second kappa shape index (κ2) is 10.5. The smallest absolute Gasteiger partial charge is 0.324 e. The molecule has 0 atom stereocenters. The van der Waals surface area contributed by atoms with Crippen molar-refractivity contribution in [3.8, 4) is 11.1 Å². The van der Waals surface area contributed by atoms with Gasteiger partial charge in [-0.2, -0.15) is 0 Å². The predicted molar refractivity (Wildman–Crippen MR) is 124 cm³/mol. The Kier molecular flexibility index (Phi) is 7.30. The van der Waals surface area contributed by atoms with Gasteiger partial charge in [-0.1, -0.05) is 36.4 Å². The van der Waals surface area contributed by atoms with Crippen LogP contribution in [0.5, 0.6) is 0 Å². The molecule has 0 spiro atoms. The van der Waals surface area contributed by atoms with E-state index in [4.69, 9.17) is 9.84 Å². The van der Waals surface area contributed by atoms with E-state index in [9.17, 15) is 18.4 Å². The lowest BCUT2D eigenvalue weighted by Crippen LogP contribution is -2.48. The Morgan fingerprint density at radius 2 is 1.50 bits per heavy atom. The first-order chi connectivity index (χ1) is 16.4. The number of carbonyl (C=O) groups is 2. The summed E-state index contributed by atoms with van der Waals surface area (Å²) in [6, 6.07) is 16.8. The Morgan fingerprint density at radius 3 is 2.09 bits per heavy atom. The first-order valence-electron chi connectivity index (χ1n) is 10.9. The highest BCUT2D eigenvalue weighted by molar-refractivity contribution is 5.97. The van der Waals surface area contributed by atoms with Gasteiger partial charge in [0, 0.05) is 30.4 Å². The van der Waals surface area contributed by atoms with E-state index >= 15 is 0 Å². The summed E-state index contributed by atoms with van der Waals surface area (Å²) in [6.45, 7) is 1.55. The Labute approximate surface area is 196 Å². The number of anilines is 1. The van der Waals surface area contributed by atoms with Crippen LogP contribution in [-0.4, -0.2) is 54.7 Å². The molecule has 1 aliphatic rings. The number of Topliss-reactive ketones (excluding diaryl/α,β-unsaturated/α-hetero) is 1. The van der Waals surface area contributed by atoms with Crippen LogP contribution >= 0.6 is 0 Å². The Morgan fingerprint density at radius 1 is 0.882 bits per heavy atom. The molecule has 1 aliphatic heterocycles. The molecule has 0 bridgehead atoms. The number of urea groups is 1. The van der Waals surface area contributed by atoms with E-state index in [1.165, 1.54) is 12.1 Å². The molecule has 4 rings (SSSR count). The third-order valence-electron chi connectivity index (χ3n) is 5.65. The molecule has 3 aromatic carbocycles. The highest BCUT2D eigenvalue weighted by Gasteiger charge is 2.24. The van der Waals surface area contributed by atoms with Crippen LogP contribution in [0.25, 0.3) is 11.1 Å². The number of rotatable bonds is 6. The van der Waals surface area contributed by atoms with Crippen molar-refractivity contribution in [3.05, 3.63) is 89.5 Å². The van der Waals surface area contributed by atoms with Gasteiger partial charge in [-0.25, -0.2) is 13.6 Å². The second-order valence-electron chi connectivity index (χ2n) is 7.95. The van der Waals surface area contributed by atoms with Gasteiger partial charge in [-0.15, -0.1) is 0 Å². The van der Waals surface area contributed by atoms with Crippen LogP contribution < -0.4 is 4.90 Å². The van der Waals surface area contributed by atoms with Crippen LogP contribution in [0.15, 0.2) is 66.7 Å². The maximum atomic E-state index is 13.6. The van der Waals surface area contributed by atoms with Crippen molar-refractivity contribution in [1.29, 1.82) is 0 Å². The van der Waals surface area contributed by atoms with E-state index in [1.807, 2.05) is 0 Å². The van der Waals surface area contributed by atoms with Gasteiger partial charge in [0.25, 0.3) is 0 Å². The fourth-order valence-corrected chi connectivity index (χ4v) is 3.82. The molecule has 1 N–H and O–H groups in total. The largest absolute Gasteiger partial charge is 0.388 e. The highest BCUT2D eigenvalue weighted by Crippen LogP contribution is 2.27. The Balaban J connectivity index is 1.62. The van der Waals surface area contributed by atoms with Crippen molar-refractivity contribution in [3.63, 3.8) is 0 Å². The van der Waals surface area contributed by atoms with Crippen molar-refractivity contribution in [1.82, 2.24) is 4.90 Å². The highest BCUT2D eigenvalue weighted by atomic mass is 19.1. The van der Waals surface area contributed by atoms with Crippen LogP contribution in [-0.2, 0) is 11.3 Å². The molecule has 2 amide bonds. The molecule has 1 heterocycles. The van der Waals surface area contributed by atoms with Gasteiger partial charge in [-0.3, -0.25) is 9.69 Å². The lowest BCUT2D eigenvalue weighted by molar-refractivity contribution is 0.0548. The minimum Gasteiger partial charge on any atom is -0.388 e. The lowest BCUT2D eigenvalue weighted by atomic mass is 10.0. The summed E-state index contributed by atoms with van der Waals surface area (Å²) in [7, 11) is 0. The SMILES string of the molecule is O=C(CO)c1ccc(CN(C(=O)N2CCOCC2)c2ccc(-c3cc(F)cc(F)c3)cc2)cc1. The van der Waals surface area contributed by atoms with Gasteiger partial charge in [-0.05, 0) is 41.0 Å². The van der Waals surface area contributed by atoms with E-state index in [0.29, 0.717) is 48.7 Å². The molecule has 0 unspecified atom stereocenters. The van der Waals surface area contributed by atoms with Gasteiger partial charge in [0.1, 0.15) is 18.2 Å². The summed E-state index contributed by atoms with van der Waals surface area (Å²) < 4.78 is 32.6. The van der Waals surface area contributed by atoms with E-state index in [1.54, 1.807) is 58.3 Å². The van der Waals surface area contributed by atoms with Crippen molar-refractivity contribution in [2.75, 3.05) is 37.8 Å². The number of benzene rings is 3. The zero-order valence-corrected chi connectivity index (χ0v) is 18.4. The minimum absolute atomic E-state index is 0.191. The number of aliphatic hydroxyl groups excluding tert-OH is 1. The zero-order chi connectivity index (χ0) is 24.1. The molecular formula is C26H24F2N2O4. The van der Waals surface area contributed by atoms with E-state index in [2.05, 4.69) is 0 Å². The third kappa shape index (κ3) is 5.47. The molecule has 1 fully saturated rings. The van der Waals surface area contributed by atoms with Crippen LogP contribution in [0.2, 0.25) is 0 Å². The molecule has 0 aliphatic carbocycles. The van der Waals surface area contributed by atoms with E-state index < -0.39 is 18.2 Å². The molecule has 0 saturated carbocycles. The van der Waals surface area contributed by atoms with Crippen molar-refractivity contribution in [2.24, 2.45) is 0 Å². The number of ether oxygens (including phenoxy) is 1. The molecule has 0 aromatic heterocycles. The summed E-state index contributed by atoms with van der Waals surface area (Å²) >= 11 is 0. The second-order valence-corrected chi connectivity index (χ2v) is 7.95. The summed E-state index contributed by atoms with van der Waals surface area (Å²) in [5.74, 6) is -1.70. The number of ketones is 1. The van der Waals surface area contributed by atoms with Gasteiger partial charge in [0.05, 0.1) is 19.8 Å². The van der Waals surface area contributed by atoms with E-state index in [-0.39, 0.29) is 18.4 Å². The predicted octanol–water partition coefficient (Wildman–Crippen LogP) is 4.27. The standard InChI is InChI=1S/C26H24F2N2O4/c27-22-13-21(14-23(28)15-22)19-5-7-24(8-6-19)30(26(33)29-9-11-34-12-10-29)16-18-1-3-20(4-2-18)25(32)17-31/h1-8,13-15,31H,9-12,16-17H2. The maximum absolute atomic E-state index is 13.6. The number of aliphatic hydroxyl groups is 1. The molecule has 0 radical (unpaired) electrons. The molecule has 8 heteroatoms. The number of carbonyl (C=O) groups excluding carboxylic acids is 2. The number of nitrogens with zero attached hydrogens (tertiary/aromatic N) is 2. The number of hydrogen-bond donors (Lipinski definition) is 1. The first-order valence-corrected chi connectivity index (χ1v) is 10.9.